The molecule has 10 heteroatoms. The first-order valence-electron chi connectivity index (χ1n) is 13.9. The van der Waals surface area contributed by atoms with Gasteiger partial charge in [-0.05, 0) is 37.3 Å². The number of nitrogens with zero attached hydrogens (tertiary/aromatic N) is 1. The Morgan fingerprint density at radius 2 is 1.95 bits per heavy atom. The number of allylic oxidation sites excluding steroid dienone is 1. The topological polar surface area (TPSA) is 124 Å². The Kier molecular flexibility index (Phi) is 7.07. The average Bonchev–Trinajstić information content (AvgIpc) is 3.90. The number of aromatic nitrogens is 1. The van der Waals surface area contributed by atoms with E-state index in [1.54, 1.807) is 13.2 Å². The summed E-state index contributed by atoms with van der Waals surface area (Å²) in [5.74, 6) is 0.391. The van der Waals surface area contributed by atoms with E-state index in [9.17, 15) is 18.0 Å². The monoisotopic (exact) mass is 575 g/mol. The molecule has 1 aromatic heterocycles. The van der Waals surface area contributed by atoms with Crippen molar-refractivity contribution in [3.63, 3.8) is 0 Å². The van der Waals surface area contributed by atoms with Crippen LogP contribution in [-0.2, 0) is 19.6 Å². The summed E-state index contributed by atoms with van der Waals surface area (Å²) in [5.41, 5.74) is 1.38. The van der Waals surface area contributed by atoms with Crippen molar-refractivity contribution >= 4 is 32.6 Å². The van der Waals surface area contributed by atoms with Gasteiger partial charge in [0, 0.05) is 42.5 Å². The number of sulfonamides is 1. The van der Waals surface area contributed by atoms with E-state index < -0.39 is 32.6 Å². The van der Waals surface area contributed by atoms with Gasteiger partial charge in [0.1, 0.15) is 17.6 Å². The maximum atomic E-state index is 13.4. The van der Waals surface area contributed by atoms with E-state index >= 15 is 0 Å². The highest BCUT2D eigenvalue weighted by Gasteiger charge is 2.61. The summed E-state index contributed by atoms with van der Waals surface area (Å²) in [6, 6.07) is 16.9. The van der Waals surface area contributed by atoms with Gasteiger partial charge in [-0.25, -0.2) is 13.4 Å². The van der Waals surface area contributed by atoms with Crippen LogP contribution in [-0.4, -0.2) is 56.1 Å². The Balaban J connectivity index is 1.17. The second-order valence-corrected chi connectivity index (χ2v) is 13.2. The van der Waals surface area contributed by atoms with Crippen LogP contribution in [0.25, 0.3) is 22.2 Å². The number of carbonyl (C=O) groups is 2. The highest BCUT2D eigenvalue weighted by Crippen LogP contribution is 2.56. The molecule has 4 atom stereocenters. The average molecular weight is 576 g/mol. The molecule has 214 valence electrons. The molecule has 2 aromatic carbocycles. The predicted molar refractivity (Wildman–Crippen MR) is 155 cm³/mol. The number of ketones is 1. The summed E-state index contributed by atoms with van der Waals surface area (Å²) in [6.45, 7) is 4.24. The molecular weight excluding hydrogens is 542 g/mol. The van der Waals surface area contributed by atoms with Gasteiger partial charge < -0.3 is 14.8 Å². The van der Waals surface area contributed by atoms with E-state index in [2.05, 4.69) is 16.6 Å². The minimum Gasteiger partial charge on any atom is -0.497 e. The number of carbonyl (C=O) groups excluding carboxylic acids is 2. The van der Waals surface area contributed by atoms with Crippen molar-refractivity contribution in [3.8, 4) is 22.8 Å². The van der Waals surface area contributed by atoms with Gasteiger partial charge in [-0.3, -0.25) is 14.3 Å². The third-order valence-electron chi connectivity index (χ3n) is 8.38. The number of rotatable bonds is 11. The van der Waals surface area contributed by atoms with Crippen LogP contribution in [0.4, 0.5) is 0 Å². The Hall–Kier alpha value is -3.76. The zero-order valence-electron chi connectivity index (χ0n) is 22.8. The molecule has 2 N–H and O–H groups in total. The van der Waals surface area contributed by atoms with Crippen molar-refractivity contribution < 1.29 is 27.5 Å². The normalized spacial score (nSPS) is 25.4. The third kappa shape index (κ3) is 5.46. The molecular formula is C31H33N3O6S. The summed E-state index contributed by atoms with van der Waals surface area (Å²) < 4.78 is 38.9. The van der Waals surface area contributed by atoms with E-state index in [1.807, 2.05) is 54.6 Å². The van der Waals surface area contributed by atoms with Gasteiger partial charge in [0.15, 0.2) is 5.78 Å². The standard InChI is InChI=1S/C31H33N3O6S/c1-3-20-16-31(20,30(36)34-41(37,38)23-10-11-23)17-28(35)27-14-22(18-32-27)40-29-15-25(19-7-5-4-6-8-19)33-26-13-21(39-2)9-12-24(26)29/h3-9,12-13,15,20,22-23,27,32H,1,10-11,14,16-18H2,2H3,(H,34,36)/t20-,22-,27+,31-/m1/s1. The number of pyridine rings is 1. The first kappa shape index (κ1) is 27.4. The number of amides is 1. The van der Waals surface area contributed by atoms with Crippen LogP contribution in [0.15, 0.2) is 67.3 Å². The molecule has 0 spiro atoms. The number of benzene rings is 2. The molecule has 1 aliphatic heterocycles. The van der Waals surface area contributed by atoms with Crippen LogP contribution in [0.5, 0.6) is 11.5 Å². The zero-order valence-corrected chi connectivity index (χ0v) is 23.7. The van der Waals surface area contributed by atoms with E-state index in [1.165, 1.54) is 0 Å². The smallest absolute Gasteiger partial charge is 0.240 e. The highest BCUT2D eigenvalue weighted by atomic mass is 32.2. The Morgan fingerprint density at radius 1 is 1.17 bits per heavy atom. The molecule has 0 radical (unpaired) electrons. The highest BCUT2D eigenvalue weighted by molar-refractivity contribution is 7.90. The lowest BCUT2D eigenvalue weighted by Gasteiger charge is -2.19. The molecule has 9 nitrogen and oxygen atoms in total. The van der Waals surface area contributed by atoms with Crippen molar-refractivity contribution in [2.75, 3.05) is 13.7 Å². The number of hydrogen-bond donors (Lipinski definition) is 2. The van der Waals surface area contributed by atoms with Gasteiger partial charge in [-0.1, -0.05) is 36.4 Å². The second-order valence-electron chi connectivity index (χ2n) is 11.2. The summed E-state index contributed by atoms with van der Waals surface area (Å²) in [4.78, 5) is 31.3. The summed E-state index contributed by atoms with van der Waals surface area (Å²) in [7, 11) is -2.09. The van der Waals surface area contributed by atoms with Gasteiger partial charge >= 0.3 is 0 Å². The molecule has 2 aliphatic carbocycles. The van der Waals surface area contributed by atoms with Crippen LogP contribution in [0.1, 0.15) is 32.1 Å². The van der Waals surface area contributed by atoms with Gasteiger partial charge in [-0.15, -0.1) is 6.58 Å². The fraction of sp³-hybridized carbons (Fsp3) is 0.387. The Bertz CT molecular complexity index is 1620. The van der Waals surface area contributed by atoms with E-state index in [0.29, 0.717) is 43.7 Å². The Morgan fingerprint density at radius 3 is 2.63 bits per heavy atom. The number of Topliss-reactive ketones (excluding diaryl/α,β-unsaturated/α-hetero) is 1. The second kappa shape index (κ2) is 10.6. The van der Waals surface area contributed by atoms with Crippen molar-refractivity contribution in [2.45, 2.75) is 49.5 Å². The first-order chi connectivity index (χ1) is 19.7. The van der Waals surface area contributed by atoms with E-state index in [4.69, 9.17) is 14.5 Å². The fourth-order valence-electron chi connectivity index (χ4n) is 5.69. The number of methoxy groups -OCH3 is 1. The summed E-state index contributed by atoms with van der Waals surface area (Å²) in [6.07, 6.45) is 3.26. The lowest BCUT2D eigenvalue weighted by atomic mass is 9.92. The van der Waals surface area contributed by atoms with Crippen molar-refractivity contribution in [1.82, 2.24) is 15.0 Å². The minimum atomic E-state index is -3.70. The van der Waals surface area contributed by atoms with Crippen LogP contribution < -0.4 is 19.5 Å². The van der Waals surface area contributed by atoms with Gasteiger partial charge in [-0.2, -0.15) is 0 Å². The fourth-order valence-corrected chi connectivity index (χ4v) is 7.07. The molecule has 0 unspecified atom stereocenters. The quantitative estimate of drug-likeness (QED) is 0.331. The van der Waals surface area contributed by atoms with Crippen molar-refractivity contribution in [2.24, 2.45) is 11.3 Å². The molecule has 1 saturated heterocycles. The van der Waals surface area contributed by atoms with Gasteiger partial charge in [0.25, 0.3) is 0 Å². The molecule has 3 aromatic rings. The lowest BCUT2D eigenvalue weighted by Crippen LogP contribution is -2.42. The van der Waals surface area contributed by atoms with Crippen molar-refractivity contribution in [3.05, 3.63) is 67.3 Å². The lowest BCUT2D eigenvalue weighted by molar-refractivity contribution is -0.130. The number of fused-ring (bicyclic) bond motifs is 1. The van der Waals surface area contributed by atoms with Crippen molar-refractivity contribution in [1.29, 1.82) is 0 Å². The predicted octanol–water partition coefficient (Wildman–Crippen LogP) is 3.78. The van der Waals surface area contributed by atoms with Crippen LogP contribution in [0.2, 0.25) is 0 Å². The van der Waals surface area contributed by atoms with Gasteiger partial charge in [0.05, 0.1) is 35.0 Å². The van der Waals surface area contributed by atoms with Gasteiger partial charge in [0.2, 0.25) is 15.9 Å². The number of hydrogen-bond acceptors (Lipinski definition) is 8. The summed E-state index contributed by atoms with van der Waals surface area (Å²) in [5, 5.41) is 3.57. The third-order valence-corrected chi connectivity index (χ3v) is 10.2. The molecule has 3 aliphatic rings. The number of ether oxygens (including phenoxy) is 2. The minimum absolute atomic E-state index is 0.0454. The Labute approximate surface area is 239 Å². The van der Waals surface area contributed by atoms with Crippen LogP contribution in [0, 0.1) is 11.3 Å². The maximum Gasteiger partial charge on any atom is 0.240 e. The first-order valence-corrected chi connectivity index (χ1v) is 15.4. The zero-order chi connectivity index (χ0) is 28.8. The van der Waals surface area contributed by atoms with E-state index in [0.717, 1.165) is 22.2 Å². The maximum absolute atomic E-state index is 13.4. The molecule has 0 bridgehead atoms. The van der Waals surface area contributed by atoms with E-state index in [-0.39, 0.29) is 24.2 Å². The molecule has 3 fully saturated rings. The SMILES string of the molecule is C=C[C@@H]1C[C@]1(CC(=O)[C@@H]1C[C@@H](Oc2cc(-c3ccccc3)nc3cc(OC)ccc23)CN1)C(=O)NS(=O)(=O)C1CC1. The molecule has 2 heterocycles. The molecule has 1 amide bonds. The van der Waals surface area contributed by atoms with Crippen LogP contribution in [0.3, 0.4) is 0 Å². The van der Waals surface area contributed by atoms with Crippen LogP contribution >= 0.6 is 0 Å². The number of nitrogens with one attached hydrogen (secondary N) is 2. The molecule has 6 rings (SSSR count). The largest absolute Gasteiger partial charge is 0.497 e. The summed E-state index contributed by atoms with van der Waals surface area (Å²) >= 11 is 0. The molecule has 41 heavy (non-hydrogen) atoms. The molecule has 2 saturated carbocycles.